The lowest BCUT2D eigenvalue weighted by atomic mass is 10.1. The van der Waals surface area contributed by atoms with Crippen LogP contribution in [0.1, 0.15) is 25.3 Å². The van der Waals surface area contributed by atoms with Crippen molar-refractivity contribution in [2.24, 2.45) is 0 Å². The van der Waals surface area contributed by atoms with Crippen molar-refractivity contribution in [1.29, 1.82) is 0 Å². The average Bonchev–Trinajstić information content (AvgIpc) is 2.52. The van der Waals surface area contributed by atoms with Crippen LogP contribution >= 0.6 is 0 Å². The summed E-state index contributed by atoms with van der Waals surface area (Å²) in [5.41, 5.74) is 1.16. The molecule has 0 spiro atoms. The van der Waals surface area contributed by atoms with Crippen LogP contribution in [0.15, 0.2) is 18.3 Å². The second kappa shape index (κ2) is 7.85. The van der Waals surface area contributed by atoms with Crippen LogP contribution in [-0.4, -0.2) is 43.7 Å². The molecule has 0 bridgehead atoms. The SMILES string of the molecule is CCCNC(=O)CCc1ccnc(N2CCOCC2)c1. The van der Waals surface area contributed by atoms with Gasteiger partial charge in [-0.05, 0) is 30.5 Å². The second-order valence-electron chi connectivity index (χ2n) is 4.97. The number of hydrogen-bond donors (Lipinski definition) is 1. The third-order valence-electron chi connectivity index (χ3n) is 3.36. The Morgan fingerprint density at radius 1 is 1.45 bits per heavy atom. The predicted molar refractivity (Wildman–Crippen MR) is 78.9 cm³/mol. The molecule has 0 unspecified atom stereocenters. The van der Waals surface area contributed by atoms with E-state index in [0.717, 1.165) is 57.1 Å². The van der Waals surface area contributed by atoms with Crippen LogP contribution in [0, 0.1) is 0 Å². The molecule has 2 heterocycles. The molecule has 1 N–H and O–H groups in total. The van der Waals surface area contributed by atoms with E-state index >= 15 is 0 Å². The van der Waals surface area contributed by atoms with Gasteiger partial charge in [0.05, 0.1) is 13.2 Å². The van der Waals surface area contributed by atoms with Gasteiger partial charge < -0.3 is 15.0 Å². The first-order chi connectivity index (χ1) is 9.79. The van der Waals surface area contributed by atoms with Crippen molar-refractivity contribution in [3.05, 3.63) is 23.9 Å². The van der Waals surface area contributed by atoms with E-state index in [2.05, 4.69) is 28.2 Å². The van der Waals surface area contributed by atoms with Crippen molar-refractivity contribution >= 4 is 11.7 Å². The highest BCUT2D eigenvalue weighted by Crippen LogP contribution is 2.15. The van der Waals surface area contributed by atoms with Crippen LogP contribution in [0.25, 0.3) is 0 Å². The first kappa shape index (κ1) is 14.8. The molecule has 1 aromatic rings. The van der Waals surface area contributed by atoms with E-state index in [1.54, 1.807) is 0 Å². The number of carbonyl (C=O) groups is 1. The zero-order valence-electron chi connectivity index (χ0n) is 12.1. The number of rotatable bonds is 6. The molecule has 1 aromatic heterocycles. The van der Waals surface area contributed by atoms with Crippen LogP contribution in [-0.2, 0) is 16.0 Å². The van der Waals surface area contributed by atoms with Crippen molar-refractivity contribution in [2.75, 3.05) is 37.7 Å². The number of morpholine rings is 1. The monoisotopic (exact) mass is 277 g/mol. The molecule has 2 rings (SSSR count). The minimum Gasteiger partial charge on any atom is -0.378 e. The highest BCUT2D eigenvalue weighted by Gasteiger charge is 2.12. The number of anilines is 1. The average molecular weight is 277 g/mol. The van der Waals surface area contributed by atoms with Gasteiger partial charge in [-0.3, -0.25) is 4.79 Å². The zero-order valence-corrected chi connectivity index (χ0v) is 12.1. The molecule has 0 atom stereocenters. The van der Waals surface area contributed by atoms with Crippen molar-refractivity contribution in [1.82, 2.24) is 10.3 Å². The molecular formula is C15H23N3O2. The molecule has 1 aliphatic rings. The van der Waals surface area contributed by atoms with Gasteiger partial charge in [-0.1, -0.05) is 6.92 Å². The van der Waals surface area contributed by atoms with Crippen molar-refractivity contribution in [2.45, 2.75) is 26.2 Å². The lowest BCUT2D eigenvalue weighted by Gasteiger charge is -2.28. The largest absolute Gasteiger partial charge is 0.378 e. The van der Waals surface area contributed by atoms with Gasteiger partial charge in [-0.25, -0.2) is 4.98 Å². The van der Waals surface area contributed by atoms with Crippen molar-refractivity contribution in [3.63, 3.8) is 0 Å². The molecule has 0 radical (unpaired) electrons. The minimum absolute atomic E-state index is 0.122. The highest BCUT2D eigenvalue weighted by atomic mass is 16.5. The third kappa shape index (κ3) is 4.49. The van der Waals surface area contributed by atoms with Gasteiger partial charge >= 0.3 is 0 Å². The Kier molecular flexibility index (Phi) is 5.80. The summed E-state index contributed by atoms with van der Waals surface area (Å²) in [4.78, 5) is 18.2. The lowest BCUT2D eigenvalue weighted by molar-refractivity contribution is -0.121. The van der Waals surface area contributed by atoms with E-state index in [0.29, 0.717) is 6.42 Å². The Balaban J connectivity index is 1.87. The van der Waals surface area contributed by atoms with E-state index in [-0.39, 0.29) is 5.91 Å². The Morgan fingerprint density at radius 2 is 2.25 bits per heavy atom. The Hall–Kier alpha value is -1.62. The Morgan fingerprint density at radius 3 is 3.00 bits per heavy atom. The number of ether oxygens (including phenoxy) is 1. The van der Waals surface area contributed by atoms with E-state index in [1.165, 1.54) is 0 Å². The molecule has 1 saturated heterocycles. The Bertz CT molecular complexity index is 431. The third-order valence-corrected chi connectivity index (χ3v) is 3.36. The molecule has 5 nitrogen and oxygen atoms in total. The normalized spacial score (nSPS) is 15.2. The van der Waals surface area contributed by atoms with Crippen LogP contribution in [0.5, 0.6) is 0 Å². The summed E-state index contributed by atoms with van der Waals surface area (Å²) in [5, 5.41) is 2.90. The van der Waals surface area contributed by atoms with Gasteiger partial charge in [0.25, 0.3) is 0 Å². The zero-order chi connectivity index (χ0) is 14.2. The molecule has 0 aromatic carbocycles. The van der Waals surface area contributed by atoms with E-state index < -0.39 is 0 Å². The Labute approximate surface area is 120 Å². The number of hydrogen-bond acceptors (Lipinski definition) is 4. The predicted octanol–water partition coefficient (Wildman–Crippen LogP) is 1.38. The van der Waals surface area contributed by atoms with Crippen LogP contribution in [0.3, 0.4) is 0 Å². The maximum Gasteiger partial charge on any atom is 0.220 e. The second-order valence-corrected chi connectivity index (χ2v) is 4.97. The summed E-state index contributed by atoms with van der Waals surface area (Å²) >= 11 is 0. The number of pyridine rings is 1. The maximum atomic E-state index is 11.6. The molecule has 1 aliphatic heterocycles. The maximum absolute atomic E-state index is 11.6. The van der Waals surface area contributed by atoms with E-state index in [9.17, 15) is 4.79 Å². The molecule has 5 heteroatoms. The van der Waals surface area contributed by atoms with Crippen molar-refractivity contribution in [3.8, 4) is 0 Å². The smallest absolute Gasteiger partial charge is 0.220 e. The number of aromatic nitrogens is 1. The number of amides is 1. The molecule has 0 saturated carbocycles. The quantitative estimate of drug-likeness (QED) is 0.853. The standard InChI is InChI=1S/C15H23N3O2/c1-2-6-17-15(19)4-3-13-5-7-16-14(12-13)18-8-10-20-11-9-18/h5,7,12H,2-4,6,8-11H2,1H3,(H,17,19). The lowest BCUT2D eigenvalue weighted by Crippen LogP contribution is -2.36. The number of aryl methyl sites for hydroxylation is 1. The van der Waals surface area contributed by atoms with Gasteiger partial charge in [0, 0.05) is 32.3 Å². The fraction of sp³-hybridized carbons (Fsp3) is 0.600. The first-order valence-corrected chi connectivity index (χ1v) is 7.34. The summed E-state index contributed by atoms with van der Waals surface area (Å²) in [7, 11) is 0. The molecule has 1 fully saturated rings. The topological polar surface area (TPSA) is 54.5 Å². The van der Waals surface area contributed by atoms with E-state index in [4.69, 9.17) is 4.74 Å². The summed E-state index contributed by atoms with van der Waals surface area (Å²) in [6, 6.07) is 4.06. The summed E-state index contributed by atoms with van der Waals surface area (Å²) in [6.45, 7) is 6.09. The van der Waals surface area contributed by atoms with Gasteiger partial charge in [-0.15, -0.1) is 0 Å². The number of nitrogens with zero attached hydrogens (tertiary/aromatic N) is 2. The minimum atomic E-state index is 0.122. The number of nitrogens with one attached hydrogen (secondary N) is 1. The fourth-order valence-electron chi connectivity index (χ4n) is 2.19. The first-order valence-electron chi connectivity index (χ1n) is 7.34. The van der Waals surface area contributed by atoms with Gasteiger partial charge in [0.15, 0.2) is 0 Å². The summed E-state index contributed by atoms with van der Waals surface area (Å²) in [5.74, 6) is 1.11. The van der Waals surface area contributed by atoms with Crippen LogP contribution in [0.2, 0.25) is 0 Å². The summed E-state index contributed by atoms with van der Waals surface area (Å²) in [6.07, 6.45) is 4.09. The molecule has 1 amide bonds. The number of carbonyl (C=O) groups excluding carboxylic acids is 1. The van der Waals surface area contributed by atoms with Gasteiger partial charge in [-0.2, -0.15) is 0 Å². The molecular weight excluding hydrogens is 254 g/mol. The van der Waals surface area contributed by atoms with Crippen molar-refractivity contribution < 1.29 is 9.53 Å². The molecule has 20 heavy (non-hydrogen) atoms. The van der Waals surface area contributed by atoms with Gasteiger partial charge in [0.2, 0.25) is 5.91 Å². The fourth-order valence-corrected chi connectivity index (χ4v) is 2.19. The highest BCUT2D eigenvalue weighted by molar-refractivity contribution is 5.76. The van der Waals surface area contributed by atoms with Gasteiger partial charge in [0.1, 0.15) is 5.82 Å². The molecule has 110 valence electrons. The van der Waals surface area contributed by atoms with E-state index in [1.807, 2.05) is 12.3 Å². The van der Waals surface area contributed by atoms with Crippen LogP contribution in [0.4, 0.5) is 5.82 Å². The van der Waals surface area contributed by atoms with Crippen LogP contribution < -0.4 is 10.2 Å². The summed E-state index contributed by atoms with van der Waals surface area (Å²) < 4.78 is 5.35. The molecule has 0 aliphatic carbocycles.